The Kier molecular flexibility index (Phi) is 10.5. The summed E-state index contributed by atoms with van der Waals surface area (Å²) in [7, 11) is 1.60. The van der Waals surface area contributed by atoms with Crippen molar-refractivity contribution in [3.8, 4) is 0 Å². The normalized spacial score (nSPS) is 17.4. The maximum Gasteiger partial charge on any atom is 0.408 e. The molecule has 0 saturated carbocycles. The van der Waals surface area contributed by atoms with Crippen LogP contribution in [0.25, 0.3) is 0 Å². The number of hydrogen-bond donors (Lipinski definition) is 1. The highest BCUT2D eigenvalue weighted by atomic mass is 16.6. The summed E-state index contributed by atoms with van der Waals surface area (Å²) in [6, 6.07) is 7.42. The average Bonchev–Trinajstić information content (AvgIpc) is 3.29. The third kappa shape index (κ3) is 8.35. The first-order chi connectivity index (χ1) is 16.8. The van der Waals surface area contributed by atoms with E-state index in [1.165, 1.54) is 4.90 Å². The fourth-order valence-electron chi connectivity index (χ4n) is 4.56. The first-order valence-corrected chi connectivity index (χ1v) is 13.0. The lowest BCUT2D eigenvalue weighted by Crippen LogP contribution is -2.57. The molecule has 0 bridgehead atoms. The third-order valence-corrected chi connectivity index (χ3v) is 6.32. The first-order valence-electron chi connectivity index (χ1n) is 13.0. The summed E-state index contributed by atoms with van der Waals surface area (Å²) < 4.78 is 5.38. The molecule has 0 aliphatic carbocycles. The van der Waals surface area contributed by atoms with Gasteiger partial charge in [-0.15, -0.1) is 0 Å². The molecule has 8 nitrogen and oxygen atoms in total. The Morgan fingerprint density at radius 3 is 2.33 bits per heavy atom. The quantitative estimate of drug-likeness (QED) is 0.523. The largest absolute Gasteiger partial charge is 0.444 e. The predicted molar refractivity (Wildman–Crippen MR) is 139 cm³/mol. The number of benzene rings is 1. The summed E-state index contributed by atoms with van der Waals surface area (Å²) in [5, 5.41) is 2.72. The predicted octanol–water partition coefficient (Wildman–Crippen LogP) is 3.97. The SMILES string of the molecule is CCC(=O)[C@@H]1CCCN1C(=O)[C@H](Cc1ccccc1)N(C)C(=O)[C@@H](CC(C)C)NC(=O)OC(C)(C)C. The number of nitrogens with one attached hydrogen (secondary N) is 1. The number of carbonyl (C=O) groups excluding carboxylic acids is 4. The number of ether oxygens (including phenoxy) is 1. The molecule has 1 saturated heterocycles. The molecule has 3 amide bonds. The van der Waals surface area contributed by atoms with E-state index in [1.807, 2.05) is 44.2 Å². The van der Waals surface area contributed by atoms with E-state index >= 15 is 0 Å². The van der Waals surface area contributed by atoms with Crippen molar-refractivity contribution in [1.82, 2.24) is 15.1 Å². The van der Waals surface area contributed by atoms with E-state index in [-0.39, 0.29) is 23.5 Å². The number of hydrogen-bond acceptors (Lipinski definition) is 5. The fourth-order valence-corrected chi connectivity index (χ4v) is 4.56. The van der Waals surface area contributed by atoms with Crippen LogP contribution in [0.4, 0.5) is 4.79 Å². The van der Waals surface area contributed by atoms with Gasteiger partial charge in [-0.2, -0.15) is 0 Å². The Bertz CT molecular complexity index is 910. The standard InChI is InChI=1S/C28H43N3O5/c1-8-24(32)22-15-12-16-31(22)26(34)23(18-20-13-10-9-11-14-20)30(7)25(33)21(17-19(2)3)29-27(35)36-28(4,5)6/h9-11,13-14,19,21-23H,8,12,15-18H2,1-7H3,(H,29,35)/t21-,22+,23+/m1/s1. The van der Waals surface area contributed by atoms with E-state index in [2.05, 4.69) is 5.32 Å². The second kappa shape index (κ2) is 12.9. The number of likely N-dealkylation sites (tertiary alicyclic amines) is 1. The van der Waals surface area contributed by atoms with Gasteiger partial charge in [0, 0.05) is 26.4 Å². The first kappa shape index (κ1) is 29.3. The van der Waals surface area contributed by atoms with Crippen molar-refractivity contribution < 1.29 is 23.9 Å². The van der Waals surface area contributed by atoms with Gasteiger partial charge >= 0.3 is 6.09 Å². The van der Waals surface area contributed by atoms with Crippen molar-refractivity contribution >= 4 is 23.7 Å². The number of alkyl carbamates (subject to hydrolysis) is 1. The number of ketones is 1. The minimum Gasteiger partial charge on any atom is -0.444 e. The lowest BCUT2D eigenvalue weighted by molar-refractivity contribution is -0.147. The van der Waals surface area contributed by atoms with Crippen LogP contribution in [-0.2, 0) is 25.5 Å². The van der Waals surface area contributed by atoms with Crippen molar-refractivity contribution in [2.45, 2.75) is 97.4 Å². The molecule has 1 heterocycles. The smallest absolute Gasteiger partial charge is 0.408 e. The minimum atomic E-state index is -0.845. The number of rotatable bonds is 10. The number of nitrogens with zero attached hydrogens (tertiary/aromatic N) is 2. The van der Waals surface area contributed by atoms with Crippen molar-refractivity contribution in [2.24, 2.45) is 5.92 Å². The van der Waals surface area contributed by atoms with Crippen molar-refractivity contribution in [1.29, 1.82) is 0 Å². The van der Waals surface area contributed by atoms with Gasteiger partial charge in [0.15, 0.2) is 5.78 Å². The van der Waals surface area contributed by atoms with E-state index in [0.29, 0.717) is 32.2 Å². The monoisotopic (exact) mass is 501 g/mol. The zero-order valence-corrected chi connectivity index (χ0v) is 22.9. The molecule has 1 aliphatic heterocycles. The lowest BCUT2D eigenvalue weighted by atomic mass is 9.99. The number of Topliss-reactive ketones (excluding diaryl/α,β-unsaturated/α-hetero) is 1. The molecule has 1 fully saturated rings. The van der Waals surface area contributed by atoms with Crippen LogP contribution in [0.1, 0.15) is 72.8 Å². The number of amides is 3. The zero-order chi connectivity index (χ0) is 27.0. The zero-order valence-electron chi connectivity index (χ0n) is 22.9. The summed E-state index contributed by atoms with van der Waals surface area (Å²) in [5.41, 5.74) is 0.206. The summed E-state index contributed by atoms with van der Waals surface area (Å²) >= 11 is 0. The Hall–Kier alpha value is -2.90. The van der Waals surface area contributed by atoms with Gasteiger partial charge in [-0.05, 0) is 51.5 Å². The highest BCUT2D eigenvalue weighted by Gasteiger charge is 2.40. The van der Waals surface area contributed by atoms with Crippen molar-refractivity contribution in [2.75, 3.05) is 13.6 Å². The molecule has 0 aromatic heterocycles. The molecule has 0 spiro atoms. The van der Waals surface area contributed by atoms with Crippen LogP contribution in [0, 0.1) is 5.92 Å². The van der Waals surface area contributed by atoms with E-state index in [4.69, 9.17) is 4.74 Å². The second-order valence-corrected chi connectivity index (χ2v) is 11.0. The van der Waals surface area contributed by atoms with Crippen LogP contribution in [0.15, 0.2) is 30.3 Å². The molecular weight excluding hydrogens is 458 g/mol. The highest BCUT2D eigenvalue weighted by molar-refractivity contribution is 5.94. The maximum absolute atomic E-state index is 13.8. The molecule has 1 aromatic rings. The fraction of sp³-hybridized carbons (Fsp3) is 0.643. The van der Waals surface area contributed by atoms with Gasteiger partial charge in [-0.25, -0.2) is 4.79 Å². The molecule has 3 atom stereocenters. The molecule has 0 radical (unpaired) electrons. The van der Waals surface area contributed by atoms with Crippen LogP contribution in [-0.4, -0.2) is 70.8 Å². The molecular formula is C28H43N3O5. The molecule has 36 heavy (non-hydrogen) atoms. The molecule has 1 aromatic carbocycles. The summed E-state index contributed by atoms with van der Waals surface area (Å²) in [5.74, 6) is -0.436. The van der Waals surface area contributed by atoms with Gasteiger partial charge in [0.25, 0.3) is 0 Å². The molecule has 8 heteroatoms. The van der Waals surface area contributed by atoms with Gasteiger partial charge in [0.1, 0.15) is 17.7 Å². The van der Waals surface area contributed by atoms with E-state index in [0.717, 1.165) is 12.0 Å². The summed E-state index contributed by atoms with van der Waals surface area (Å²) in [4.78, 5) is 55.7. The van der Waals surface area contributed by atoms with E-state index < -0.39 is 29.8 Å². The van der Waals surface area contributed by atoms with E-state index in [9.17, 15) is 19.2 Å². The summed E-state index contributed by atoms with van der Waals surface area (Å²) in [6.07, 6.45) is 1.80. The Labute approximate surface area is 215 Å². The van der Waals surface area contributed by atoms with Crippen LogP contribution >= 0.6 is 0 Å². The average molecular weight is 502 g/mol. The maximum atomic E-state index is 13.8. The second-order valence-electron chi connectivity index (χ2n) is 11.0. The Morgan fingerprint density at radius 2 is 1.78 bits per heavy atom. The van der Waals surface area contributed by atoms with Crippen molar-refractivity contribution in [3.05, 3.63) is 35.9 Å². The highest BCUT2D eigenvalue weighted by Crippen LogP contribution is 2.23. The van der Waals surface area contributed by atoms with Crippen LogP contribution in [0.3, 0.4) is 0 Å². The molecule has 0 unspecified atom stereocenters. The van der Waals surface area contributed by atoms with Gasteiger partial charge in [-0.1, -0.05) is 51.1 Å². The molecule has 1 N–H and O–H groups in total. The van der Waals surface area contributed by atoms with Crippen LogP contribution < -0.4 is 5.32 Å². The van der Waals surface area contributed by atoms with Gasteiger partial charge in [-0.3, -0.25) is 14.4 Å². The lowest BCUT2D eigenvalue weighted by Gasteiger charge is -2.35. The third-order valence-electron chi connectivity index (χ3n) is 6.32. The molecule has 1 aliphatic rings. The van der Waals surface area contributed by atoms with Gasteiger partial charge in [0.05, 0.1) is 6.04 Å². The van der Waals surface area contributed by atoms with Crippen molar-refractivity contribution in [3.63, 3.8) is 0 Å². The molecule has 200 valence electrons. The van der Waals surface area contributed by atoms with Crippen LogP contribution in [0.2, 0.25) is 0 Å². The number of likely N-dealkylation sites (N-methyl/N-ethyl adjacent to an activating group) is 1. The number of carbonyl (C=O) groups is 4. The van der Waals surface area contributed by atoms with Gasteiger partial charge in [0.2, 0.25) is 11.8 Å². The topological polar surface area (TPSA) is 96.0 Å². The Morgan fingerprint density at radius 1 is 1.14 bits per heavy atom. The van der Waals surface area contributed by atoms with Gasteiger partial charge < -0.3 is 19.9 Å². The Balaban J connectivity index is 2.34. The molecule has 2 rings (SSSR count). The minimum absolute atomic E-state index is 0.0394. The van der Waals surface area contributed by atoms with Crippen LogP contribution in [0.5, 0.6) is 0 Å². The summed E-state index contributed by atoms with van der Waals surface area (Å²) in [6.45, 7) is 11.5. The van der Waals surface area contributed by atoms with E-state index in [1.54, 1.807) is 39.6 Å².